The summed E-state index contributed by atoms with van der Waals surface area (Å²) in [6.45, 7) is 2.46. The highest BCUT2D eigenvalue weighted by Gasteiger charge is 2.08. The number of nitrogens with one attached hydrogen (secondary N) is 1. The number of nitrogens with zero attached hydrogens (tertiary/aromatic N) is 1. The summed E-state index contributed by atoms with van der Waals surface area (Å²) in [4.78, 5) is 3.03. The van der Waals surface area contributed by atoms with Crippen molar-refractivity contribution >= 4 is 23.3 Å². The topological polar surface area (TPSA) is 33.9 Å². The number of H-pyrrole nitrogens is 1. The fourth-order valence-corrected chi connectivity index (χ4v) is 2.48. The molecule has 0 saturated heterocycles. The summed E-state index contributed by atoms with van der Waals surface area (Å²) in [5, 5.41) is 0. The van der Waals surface area contributed by atoms with Gasteiger partial charge >= 0.3 is 0 Å². The van der Waals surface area contributed by atoms with Crippen LogP contribution in [-0.4, -0.2) is 9.55 Å². The van der Waals surface area contributed by atoms with Gasteiger partial charge in [-0.15, -0.1) is 0 Å². The van der Waals surface area contributed by atoms with Crippen molar-refractivity contribution < 1.29 is 8.81 Å². The largest absolute Gasteiger partial charge is 0.469 e. The Morgan fingerprint density at radius 3 is 3.00 bits per heavy atom. The summed E-state index contributed by atoms with van der Waals surface area (Å²) in [7, 11) is 0. The van der Waals surface area contributed by atoms with Crippen molar-refractivity contribution in [3.8, 4) is 0 Å². The molecule has 0 bridgehead atoms. The minimum atomic E-state index is -0.220. The lowest BCUT2D eigenvalue weighted by Gasteiger charge is -2.04. The average Bonchev–Trinajstić information content (AvgIpc) is 2.96. The Labute approximate surface area is 114 Å². The molecule has 0 aliphatic rings. The first kappa shape index (κ1) is 12.2. The maximum Gasteiger partial charge on any atom is 0.178 e. The molecule has 2 aromatic heterocycles. The summed E-state index contributed by atoms with van der Waals surface area (Å²) in [5.41, 5.74) is 2.27. The highest BCUT2D eigenvalue weighted by Crippen LogP contribution is 2.19. The summed E-state index contributed by atoms with van der Waals surface area (Å²) in [5.74, 6) is 0.692. The number of furan rings is 1. The maximum absolute atomic E-state index is 13.5. The first-order valence-corrected chi connectivity index (χ1v) is 6.47. The molecule has 0 amide bonds. The molecule has 2 heterocycles. The van der Waals surface area contributed by atoms with Crippen molar-refractivity contribution in [2.45, 2.75) is 19.9 Å². The van der Waals surface area contributed by atoms with Gasteiger partial charge in [-0.1, -0.05) is 0 Å². The quantitative estimate of drug-likeness (QED) is 0.734. The van der Waals surface area contributed by atoms with Gasteiger partial charge in [0.25, 0.3) is 0 Å². The second-order valence-corrected chi connectivity index (χ2v) is 4.92. The Bertz CT molecular complexity index is 771. The minimum Gasteiger partial charge on any atom is -0.469 e. The normalized spacial score (nSPS) is 11.3. The van der Waals surface area contributed by atoms with Crippen molar-refractivity contribution in [2.24, 2.45) is 0 Å². The second kappa shape index (κ2) is 4.66. The number of halogens is 1. The van der Waals surface area contributed by atoms with Gasteiger partial charge in [0, 0.05) is 13.0 Å². The van der Waals surface area contributed by atoms with E-state index in [-0.39, 0.29) is 5.82 Å². The van der Waals surface area contributed by atoms with E-state index >= 15 is 0 Å². The third-order valence-corrected chi connectivity index (χ3v) is 3.54. The predicted molar refractivity (Wildman–Crippen MR) is 74.2 cm³/mol. The number of imidazole rings is 1. The van der Waals surface area contributed by atoms with Gasteiger partial charge in [0.15, 0.2) is 4.77 Å². The first-order valence-electron chi connectivity index (χ1n) is 6.06. The van der Waals surface area contributed by atoms with E-state index in [1.165, 1.54) is 6.07 Å². The number of hydrogen-bond acceptors (Lipinski definition) is 2. The molecule has 0 aliphatic carbocycles. The van der Waals surface area contributed by atoms with Gasteiger partial charge < -0.3 is 14.0 Å². The Kier molecular flexibility index (Phi) is 2.98. The number of benzene rings is 1. The van der Waals surface area contributed by atoms with Crippen molar-refractivity contribution in [1.82, 2.24) is 9.55 Å². The number of aromatic amines is 1. The van der Waals surface area contributed by atoms with E-state index in [9.17, 15) is 4.39 Å². The molecule has 1 N–H and O–H groups in total. The van der Waals surface area contributed by atoms with E-state index in [1.807, 2.05) is 22.8 Å². The summed E-state index contributed by atoms with van der Waals surface area (Å²) >= 11 is 5.29. The van der Waals surface area contributed by atoms with Gasteiger partial charge in [0.1, 0.15) is 11.6 Å². The molecule has 0 atom stereocenters. The highest BCUT2D eigenvalue weighted by molar-refractivity contribution is 7.71. The monoisotopic (exact) mass is 276 g/mol. The molecule has 3 rings (SSSR count). The molecule has 19 heavy (non-hydrogen) atoms. The van der Waals surface area contributed by atoms with Crippen molar-refractivity contribution in [2.75, 3.05) is 0 Å². The molecule has 0 fully saturated rings. The maximum atomic E-state index is 13.5. The van der Waals surface area contributed by atoms with E-state index in [4.69, 9.17) is 16.6 Å². The molecule has 0 aliphatic heterocycles. The van der Waals surface area contributed by atoms with Crippen LogP contribution in [-0.2, 0) is 13.0 Å². The number of aromatic nitrogens is 2. The van der Waals surface area contributed by atoms with Crippen LogP contribution in [0.2, 0.25) is 0 Å². The molecule has 0 spiro atoms. The molecular weight excluding hydrogens is 263 g/mol. The van der Waals surface area contributed by atoms with Crippen LogP contribution in [0.3, 0.4) is 0 Å². The smallest absolute Gasteiger partial charge is 0.178 e. The second-order valence-electron chi connectivity index (χ2n) is 4.53. The van der Waals surface area contributed by atoms with E-state index in [0.29, 0.717) is 16.9 Å². The first-order chi connectivity index (χ1) is 9.15. The van der Waals surface area contributed by atoms with Gasteiger partial charge in [0.2, 0.25) is 0 Å². The number of rotatable bonds is 3. The van der Waals surface area contributed by atoms with Crippen LogP contribution in [0.15, 0.2) is 34.9 Å². The Hall–Kier alpha value is -1.88. The average molecular weight is 276 g/mol. The third kappa shape index (κ3) is 2.21. The molecule has 98 valence electrons. The van der Waals surface area contributed by atoms with Crippen LogP contribution in [0.25, 0.3) is 11.0 Å². The Morgan fingerprint density at radius 1 is 1.42 bits per heavy atom. The van der Waals surface area contributed by atoms with Crippen LogP contribution in [0.1, 0.15) is 11.3 Å². The molecular formula is C14H13FN2OS. The van der Waals surface area contributed by atoms with Crippen molar-refractivity contribution in [3.05, 3.63) is 52.4 Å². The van der Waals surface area contributed by atoms with Gasteiger partial charge in [-0.05, 0) is 49.0 Å². The zero-order valence-electron chi connectivity index (χ0n) is 10.4. The number of hydrogen-bond donors (Lipinski definition) is 1. The number of fused-ring (bicyclic) bond motifs is 1. The molecule has 0 radical (unpaired) electrons. The standard InChI is InChI=1S/C14H13FN2OS/c1-9-7-13-12(8-11(9)15)16-14(19)17(13)5-4-10-3-2-6-18-10/h2-3,6-8H,4-5H2,1H3,(H,16,19). The molecule has 3 aromatic rings. The van der Waals surface area contributed by atoms with Crippen LogP contribution in [0.5, 0.6) is 0 Å². The lowest BCUT2D eigenvalue weighted by molar-refractivity contribution is 0.492. The summed E-state index contributed by atoms with van der Waals surface area (Å²) in [6.07, 6.45) is 2.41. The molecule has 0 unspecified atom stereocenters. The van der Waals surface area contributed by atoms with Crippen LogP contribution in [0.4, 0.5) is 4.39 Å². The van der Waals surface area contributed by atoms with Crippen molar-refractivity contribution in [1.29, 1.82) is 0 Å². The minimum absolute atomic E-state index is 0.220. The summed E-state index contributed by atoms with van der Waals surface area (Å²) < 4.78 is 21.4. The van der Waals surface area contributed by atoms with Gasteiger partial charge in [-0.25, -0.2) is 4.39 Å². The van der Waals surface area contributed by atoms with E-state index in [2.05, 4.69) is 4.98 Å². The molecule has 3 nitrogen and oxygen atoms in total. The van der Waals surface area contributed by atoms with Crippen LogP contribution >= 0.6 is 12.2 Å². The molecule has 0 saturated carbocycles. The zero-order chi connectivity index (χ0) is 13.4. The van der Waals surface area contributed by atoms with Crippen LogP contribution < -0.4 is 0 Å². The lowest BCUT2D eigenvalue weighted by Crippen LogP contribution is -2.01. The highest BCUT2D eigenvalue weighted by atomic mass is 32.1. The van der Waals surface area contributed by atoms with Gasteiger partial charge in [-0.3, -0.25) is 0 Å². The molecule has 1 aromatic carbocycles. The Balaban J connectivity index is 2.00. The lowest BCUT2D eigenvalue weighted by atomic mass is 10.2. The SMILES string of the molecule is Cc1cc2c(cc1F)[nH]c(=S)n2CCc1ccco1. The van der Waals surface area contributed by atoms with E-state index < -0.39 is 0 Å². The fraction of sp³-hybridized carbons (Fsp3) is 0.214. The van der Waals surface area contributed by atoms with E-state index in [1.54, 1.807) is 13.2 Å². The van der Waals surface area contributed by atoms with Gasteiger partial charge in [0.05, 0.1) is 17.3 Å². The summed E-state index contributed by atoms with van der Waals surface area (Å²) in [6, 6.07) is 7.11. The van der Waals surface area contributed by atoms with E-state index in [0.717, 1.165) is 23.2 Å². The molecule has 5 heteroatoms. The van der Waals surface area contributed by atoms with Crippen LogP contribution in [0, 0.1) is 17.5 Å². The van der Waals surface area contributed by atoms with Gasteiger partial charge in [-0.2, -0.15) is 0 Å². The third-order valence-electron chi connectivity index (χ3n) is 3.22. The van der Waals surface area contributed by atoms with Crippen molar-refractivity contribution in [3.63, 3.8) is 0 Å². The zero-order valence-corrected chi connectivity index (χ0v) is 11.3. The predicted octanol–water partition coefficient (Wildman–Crippen LogP) is 3.98. The number of aryl methyl sites for hydroxylation is 3. The Morgan fingerprint density at radius 2 is 2.26 bits per heavy atom. The fourth-order valence-electron chi connectivity index (χ4n) is 2.18.